The van der Waals surface area contributed by atoms with E-state index in [0.717, 1.165) is 16.0 Å². The highest BCUT2D eigenvalue weighted by atomic mass is 35.5. The summed E-state index contributed by atoms with van der Waals surface area (Å²) >= 11 is 12.2. The van der Waals surface area contributed by atoms with Crippen molar-refractivity contribution in [2.24, 2.45) is 11.8 Å². The van der Waals surface area contributed by atoms with Crippen LogP contribution < -0.4 is 4.90 Å². The lowest BCUT2D eigenvalue weighted by atomic mass is 9.84. The molecule has 3 heterocycles. The first-order chi connectivity index (χ1) is 13.9. The lowest BCUT2D eigenvalue weighted by molar-refractivity contribution is -0.129. The van der Waals surface area contributed by atoms with Crippen LogP contribution in [0.4, 0.5) is 5.69 Å². The molecule has 5 rings (SSSR count). The van der Waals surface area contributed by atoms with E-state index in [1.165, 1.54) is 6.92 Å². The highest BCUT2D eigenvalue weighted by Gasteiger charge is 2.63. The van der Waals surface area contributed by atoms with Crippen LogP contribution in [0.15, 0.2) is 48.7 Å². The number of anilines is 1. The Kier molecular flexibility index (Phi) is 4.09. The number of ketones is 1. The van der Waals surface area contributed by atoms with Crippen molar-refractivity contribution in [3.05, 3.63) is 69.8 Å². The first kappa shape index (κ1) is 18.4. The van der Waals surface area contributed by atoms with E-state index < -0.39 is 17.9 Å². The van der Waals surface area contributed by atoms with Crippen LogP contribution in [-0.4, -0.2) is 28.5 Å². The lowest BCUT2D eigenvalue weighted by Crippen LogP contribution is -2.43. The van der Waals surface area contributed by atoms with Crippen LogP contribution in [0.3, 0.4) is 0 Å². The fraction of sp³-hybridized carbons (Fsp3) is 0.227. The lowest BCUT2D eigenvalue weighted by Gasteiger charge is -2.35. The van der Waals surface area contributed by atoms with Crippen molar-refractivity contribution in [1.29, 1.82) is 0 Å². The van der Waals surface area contributed by atoms with Gasteiger partial charge in [0.2, 0.25) is 11.8 Å². The molecule has 0 unspecified atom stereocenters. The highest BCUT2D eigenvalue weighted by Crippen LogP contribution is 2.53. The maximum Gasteiger partial charge on any atom is 0.240 e. The van der Waals surface area contributed by atoms with E-state index in [1.807, 2.05) is 41.4 Å². The van der Waals surface area contributed by atoms with Gasteiger partial charge in [0.25, 0.3) is 0 Å². The second-order valence-electron chi connectivity index (χ2n) is 7.58. The fourth-order valence-corrected chi connectivity index (χ4v) is 5.46. The summed E-state index contributed by atoms with van der Waals surface area (Å²) < 4.78 is 0. The Hall–Kier alpha value is -2.63. The number of imide groups is 1. The summed E-state index contributed by atoms with van der Waals surface area (Å²) in [6, 6.07) is 11.3. The molecule has 146 valence electrons. The minimum atomic E-state index is -0.751. The highest BCUT2D eigenvalue weighted by molar-refractivity contribution is 6.35. The predicted molar refractivity (Wildman–Crippen MR) is 110 cm³/mol. The van der Waals surface area contributed by atoms with Gasteiger partial charge in [0.1, 0.15) is 0 Å². The Bertz CT molecular complexity index is 1090. The van der Waals surface area contributed by atoms with Crippen LogP contribution in [0.25, 0.3) is 6.08 Å². The summed E-state index contributed by atoms with van der Waals surface area (Å²) in [7, 11) is 0. The smallest absolute Gasteiger partial charge is 0.240 e. The van der Waals surface area contributed by atoms with E-state index in [4.69, 9.17) is 23.2 Å². The standard InChI is InChI=1S/C22H16Cl2N2O3/c1-11(27)19-17-18(20-16-5-3-2-4-12(16)6-7-25(19)20)22(29)26(21(17)28)15-9-13(23)8-14(24)10-15/h2-10,17-20H,1H3/t17-,18+,19+,20-/m1/s1. The third kappa shape index (κ3) is 2.57. The summed E-state index contributed by atoms with van der Waals surface area (Å²) in [5, 5.41) is 0.668. The van der Waals surface area contributed by atoms with Crippen molar-refractivity contribution in [2.45, 2.75) is 19.0 Å². The van der Waals surface area contributed by atoms with Gasteiger partial charge in [0.15, 0.2) is 5.78 Å². The Morgan fingerprint density at radius 2 is 1.62 bits per heavy atom. The number of rotatable bonds is 2. The molecule has 0 aromatic heterocycles. The summed E-state index contributed by atoms with van der Waals surface area (Å²) in [6.07, 6.45) is 3.75. The van der Waals surface area contributed by atoms with Crippen LogP contribution in [0.5, 0.6) is 0 Å². The van der Waals surface area contributed by atoms with Crippen LogP contribution >= 0.6 is 23.2 Å². The summed E-state index contributed by atoms with van der Waals surface area (Å²) in [4.78, 5) is 42.5. The Morgan fingerprint density at radius 1 is 0.966 bits per heavy atom. The average Bonchev–Trinajstić information content (AvgIpc) is 3.14. The van der Waals surface area contributed by atoms with Crippen LogP contribution in [0.2, 0.25) is 10.0 Å². The molecule has 3 aliphatic heterocycles. The normalized spacial score (nSPS) is 27.1. The molecule has 7 heteroatoms. The van der Waals surface area contributed by atoms with Gasteiger partial charge in [-0.3, -0.25) is 14.4 Å². The second-order valence-corrected chi connectivity index (χ2v) is 8.46. The summed E-state index contributed by atoms with van der Waals surface area (Å²) in [6.45, 7) is 1.47. The molecule has 3 aliphatic rings. The molecule has 2 saturated heterocycles. The largest absolute Gasteiger partial charge is 0.359 e. The molecule has 2 aromatic rings. The number of hydrogen-bond acceptors (Lipinski definition) is 4. The van der Waals surface area contributed by atoms with E-state index in [1.54, 1.807) is 18.2 Å². The van der Waals surface area contributed by atoms with E-state index >= 15 is 0 Å². The Morgan fingerprint density at radius 3 is 2.31 bits per heavy atom. The van der Waals surface area contributed by atoms with E-state index in [9.17, 15) is 14.4 Å². The monoisotopic (exact) mass is 426 g/mol. The quantitative estimate of drug-likeness (QED) is 0.678. The molecule has 2 fully saturated rings. The minimum Gasteiger partial charge on any atom is -0.359 e. The zero-order valence-corrected chi connectivity index (χ0v) is 16.9. The topological polar surface area (TPSA) is 57.7 Å². The average molecular weight is 427 g/mol. The number of halogens is 2. The van der Waals surface area contributed by atoms with E-state index in [0.29, 0.717) is 15.7 Å². The van der Waals surface area contributed by atoms with Crippen molar-refractivity contribution in [2.75, 3.05) is 4.90 Å². The summed E-state index contributed by atoms with van der Waals surface area (Å²) in [5.41, 5.74) is 2.27. The van der Waals surface area contributed by atoms with Gasteiger partial charge in [0, 0.05) is 16.2 Å². The summed E-state index contributed by atoms with van der Waals surface area (Å²) in [5.74, 6) is -2.27. The number of nitrogens with zero attached hydrogens (tertiary/aromatic N) is 2. The first-order valence-corrected chi connectivity index (χ1v) is 10.0. The number of hydrogen-bond donors (Lipinski definition) is 0. The third-order valence-electron chi connectivity index (χ3n) is 5.98. The van der Waals surface area contributed by atoms with Crippen molar-refractivity contribution < 1.29 is 14.4 Å². The van der Waals surface area contributed by atoms with Gasteiger partial charge in [-0.2, -0.15) is 0 Å². The molecular weight excluding hydrogens is 411 g/mol. The maximum atomic E-state index is 13.5. The van der Waals surface area contributed by atoms with Gasteiger partial charge in [-0.1, -0.05) is 47.5 Å². The SMILES string of the molecule is CC(=O)[C@H]1[C@@H]2C(=O)N(c3cc(Cl)cc(Cl)c3)C(=O)[C@@H]2[C@H]2c3ccccc3C=CN21. The van der Waals surface area contributed by atoms with Crippen LogP contribution in [0, 0.1) is 11.8 Å². The third-order valence-corrected chi connectivity index (χ3v) is 6.42. The number of fused-ring (bicyclic) bond motifs is 5. The van der Waals surface area contributed by atoms with Crippen LogP contribution in [-0.2, 0) is 14.4 Å². The van der Waals surface area contributed by atoms with E-state index in [-0.39, 0.29) is 23.6 Å². The van der Waals surface area contributed by atoms with Crippen molar-refractivity contribution in [3.8, 4) is 0 Å². The molecule has 5 nitrogen and oxygen atoms in total. The van der Waals surface area contributed by atoms with Crippen molar-refractivity contribution in [3.63, 3.8) is 0 Å². The number of amides is 2. The number of carbonyl (C=O) groups excluding carboxylic acids is 3. The minimum absolute atomic E-state index is 0.140. The Labute approximate surface area is 177 Å². The molecule has 4 atom stereocenters. The second kappa shape index (κ2) is 6.44. The van der Waals surface area contributed by atoms with Gasteiger partial charge in [-0.05, 0) is 42.3 Å². The molecule has 0 N–H and O–H groups in total. The van der Waals surface area contributed by atoms with Crippen LogP contribution in [0.1, 0.15) is 24.1 Å². The predicted octanol–water partition coefficient (Wildman–Crippen LogP) is 4.10. The molecule has 0 saturated carbocycles. The van der Waals surface area contributed by atoms with Gasteiger partial charge in [-0.15, -0.1) is 0 Å². The molecule has 2 amide bonds. The maximum absolute atomic E-state index is 13.5. The van der Waals surface area contributed by atoms with Crippen molar-refractivity contribution in [1.82, 2.24) is 4.90 Å². The molecule has 0 spiro atoms. The zero-order valence-electron chi connectivity index (χ0n) is 15.4. The zero-order chi connectivity index (χ0) is 20.4. The molecule has 0 aliphatic carbocycles. The molecule has 2 aromatic carbocycles. The van der Waals surface area contributed by atoms with Crippen molar-refractivity contribution >= 4 is 52.6 Å². The molecular formula is C22H16Cl2N2O3. The molecule has 0 bridgehead atoms. The molecule has 29 heavy (non-hydrogen) atoms. The number of Topliss-reactive ketones (excluding diaryl/α,β-unsaturated/α-hetero) is 1. The first-order valence-electron chi connectivity index (χ1n) is 9.27. The van der Waals surface area contributed by atoms with Gasteiger partial charge >= 0.3 is 0 Å². The van der Waals surface area contributed by atoms with E-state index in [2.05, 4.69) is 0 Å². The van der Waals surface area contributed by atoms with Gasteiger partial charge < -0.3 is 4.90 Å². The number of carbonyl (C=O) groups is 3. The Balaban J connectivity index is 1.66. The number of benzene rings is 2. The fourth-order valence-electron chi connectivity index (χ4n) is 4.94. The molecule has 0 radical (unpaired) electrons. The van der Waals surface area contributed by atoms with Gasteiger partial charge in [-0.25, -0.2) is 4.90 Å². The van der Waals surface area contributed by atoms with Gasteiger partial charge in [0.05, 0.1) is 29.6 Å².